The van der Waals surface area contributed by atoms with E-state index in [1.165, 1.54) is 40.6 Å². The second-order valence-electron chi connectivity index (χ2n) is 6.78. The number of pyridine rings is 2. The molecule has 8 nitrogen and oxygen atoms in total. The van der Waals surface area contributed by atoms with Crippen molar-refractivity contribution in [1.82, 2.24) is 18.7 Å². The van der Waals surface area contributed by atoms with Gasteiger partial charge in [0.1, 0.15) is 16.9 Å². The summed E-state index contributed by atoms with van der Waals surface area (Å²) in [5.41, 5.74) is -1.00. The van der Waals surface area contributed by atoms with Crippen LogP contribution in [0.15, 0.2) is 67.6 Å². The second kappa shape index (κ2) is 7.95. The quantitative estimate of drug-likeness (QED) is 0.479. The van der Waals surface area contributed by atoms with Gasteiger partial charge in [-0.2, -0.15) is 0 Å². The lowest BCUT2D eigenvalue weighted by Crippen LogP contribution is -2.41. The smallest absolute Gasteiger partial charge is 0.337 e. The molecule has 0 fully saturated rings. The number of hydrogen-bond donors (Lipinski definition) is 1. The van der Waals surface area contributed by atoms with E-state index >= 15 is 0 Å². The Labute approximate surface area is 183 Å². The van der Waals surface area contributed by atoms with Crippen LogP contribution in [0.25, 0.3) is 16.7 Å². The van der Waals surface area contributed by atoms with Gasteiger partial charge in [0.2, 0.25) is 0 Å². The van der Waals surface area contributed by atoms with Crippen LogP contribution in [0.3, 0.4) is 0 Å². The molecule has 0 saturated heterocycles. The van der Waals surface area contributed by atoms with E-state index in [0.717, 1.165) is 4.57 Å². The van der Waals surface area contributed by atoms with Gasteiger partial charge in [0.15, 0.2) is 0 Å². The van der Waals surface area contributed by atoms with Crippen LogP contribution >= 0.6 is 15.9 Å². The molecule has 4 rings (SSSR count). The molecule has 10 heteroatoms. The first-order valence-corrected chi connectivity index (χ1v) is 10.1. The van der Waals surface area contributed by atoms with E-state index in [1.54, 1.807) is 31.3 Å². The van der Waals surface area contributed by atoms with Gasteiger partial charge < -0.3 is 5.32 Å². The third-order valence-corrected chi connectivity index (χ3v) is 5.42. The van der Waals surface area contributed by atoms with Crippen molar-refractivity contribution in [2.45, 2.75) is 13.5 Å². The Bertz CT molecular complexity index is 1490. The summed E-state index contributed by atoms with van der Waals surface area (Å²) in [4.78, 5) is 43.2. The number of halogens is 2. The molecule has 0 amide bonds. The fraction of sp³-hybridized carbons (Fsp3) is 0.143. The van der Waals surface area contributed by atoms with Crippen LogP contribution in [0.1, 0.15) is 6.92 Å². The first-order valence-electron chi connectivity index (χ1n) is 9.35. The standard InChI is InChI=1S/C21H17BrFN5O3/c1-3-27-20(30)18-16(25-15-7-6-12(22)9-14(15)23)10-17(29)26(2)19(18)28(21(27)31)13-5-4-8-24-11-13/h4-11,25H,3H2,1-2H3. The van der Waals surface area contributed by atoms with Crippen molar-refractivity contribution in [2.75, 3.05) is 5.32 Å². The summed E-state index contributed by atoms with van der Waals surface area (Å²) in [6, 6.07) is 8.89. The Hall–Kier alpha value is -3.53. The molecule has 0 aliphatic rings. The van der Waals surface area contributed by atoms with Gasteiger partial charge in [0.05, 0.1) is 23.3 Å². The van der Waals surface area contributed by atoms with Gasteiger partial charge in [-0.25, -0.2) is 13.8 Å². The van der Waals surface area contributed by atoms with E-state index < -0.39 is 22.6 Å². The number of nitrogens with one attached hydrogen (secondary N) is 1. The van der Waals surface area contributed by atoms with Crippen LogP contribution < -0.4 is 22.1 Å². The molecule has 3 aromatic heterocycles. The molecule has 3 heterocycles. The highest BCUT2D eigenvalue weighted by Crippen LogP contribution is 2.26. The zero-order valence-corrected chi connectivity index (χ0v) is 18.2. The molecular weight excluding hydrogens is 469 g/mol. The molecule has 4 aromatic rings. The molecule has 0 bridgehead atoms. The monoisotopic (exact) mass is 485 g/mol. The number of benzene rings is 1. The third-order valence-electron chi connectivity index (χ3n) is 4.92. The summed E-state index contributed by atoms with van der Waals surface area (Å²) in [5.74, 6) is -0.570. The van der Waals surface area contributed by atoms with Gasteiger partial charge in [-0.3, -0.25) is 23.7 Å². The molecule has 0 atom stereocenters. The fourth-order valence-corrected chi connectivity index (χ4v) is 3.76. The highest BCUT2D eigenvalue weighted by molar-refractivity contribution is 9.10. The normalized spacial score (nSPS) is 11.1. The lowest BCUT2D eigenvalue weighted by atomic mass is 10.2. The van der Waals surface area contributed by atoms with Gasteiger partial charge in [-0.05, 0) is 37.3 Å². The zero-order valence-electron chi connectivity index (χ0n) is 16.6. The minimum atomic E-state index is -0.602. The maximum absolute atomic E-state index is 14.4. The SMILES string of the molecule is CCn1c(=O)c2c(Nc3ccc(Br)cc3F)cc(=O)n(C)c2n(-c2cccnc2)c1=O. The van der Waals surface area contributed by atoms with Crippen LogP contribution in [0.4, 0.5) is 15.8 Å². The molecule has 31 heavy (non-hydrogen) atoms. The van der Waals surface area contributed by atoms with Gasteiger partial charge >= 0.3 is 5.69 Å². The Balaban J connectivity index is 2.15. The van der Waals surface area contributed by atoms with Crippen molar-refractivity contribution in [1.29, 1.82) is 0 Å². The summed E-state index contributed by atoms with van der Waals surface area (Å²) in [5, 5.41) is 2.93. The molecular formula is C21H17BrFN5O3. The van der Waals surface area contributed by atoms with E-state index in [1.807, 2.05) is 0 Å². The number of anilines is 2. The van der Waals surface area contributed by atoms with Crippen LogP contribution in [-0.2, 0) is 13.6 Å². The summed E-state index contributed by atoms with van der Waals surface area (Å²) in [6.07, 6.45) is 3.01. The Morgan fingerprint density at radius 2 is 1.90 bits per heavy atom. The first kappa shape index (κ1) is 20.7. The molecule has 0 unspecified atom stereocenters. The largest absolute Gasteiger partial charge is 0.352 e. The third kappa shape index (κ3) is 3.48. The number of aryl methyl sites for hydroxylation is 1. The highest BCUT2D eigenvalue weighted by atomic mass is 79.9. The van der Waals surface area contributed by atoms with Crippen molar-refractivity contribution >= 4 is 38.3 Å². The second-order valence-corrected chi connectivity index (χ2v) is 7.70. The number of rotatable bonds is 4. The fourth-order valence-electron chi connectivity index (χ4n) is 3.42. The molecule has 0 spiro atoms. The molecule has 158 valence electrons. The summed E-state index contributed by atoms with van der Waals surface area (Å²) in [6.45, 7) is 1.79. The van der Waals surface area contributed by atoms with E-state index in [2.05, 4.69) is 26.2 Å². The number of hydrogen-bond acceptors (Lipinski definition) is 5. The topological polar surface area (TPSA) is 90.9 Å². The van der Waals surface area contributed by atoms with E-state index in [4.69, 9.17) is 0 Å². The van der Waals surface area contributed by atoms with Crippen molar-refractivity contribution in [2.24, 2.45) is 7.05 Å². The molecule has 1 N–H and O–H groups in total. The number of fused-ring (bicyclic) bond motifs is 1. The average molecular weight is 486 g/mol. The van der Waals surface area contributed by atoms with Crippen LogP contribution in [-0.4, -0.2) is 18.7 Å². The molecule has 0 aliphatic carbocycles. The lowest BCUT2D eigenvalue weighted by Gasteiger charge is -2.18. The van der Waals surface area contributed by atoms with Crippen LogP contribution in [0.2, 0.25) is 0 Å². The number of nitrogens with zero attached hydrogens (tertiary/aromatic N) is 4. The molecule has 0 aliphatic heterocycles. The minimum Gasteiger partial charge on any atom is -0.352 e. The van der Waals surface area contributed by atoms with Crippen molar-refractivity contribution in [3.63, 3.8) is 0 Å². The minimum absolute atomic E-state index is 0.0784. The zero-order chi connectivity index (χ0) is 22.3. The first-order chi connectivity index (χ1) is 14.8. The van der Waals surface area contributed by atoms with Gasteiger partial charge in [0, 0.05) is 30.3 Å². The molecule has 0 saturated carbocycles. The van der Waals surface area contributed by atoms with E-state index in [9.17, 15) is 18.8 Å². The maximum atomic E-state index is 14.4. The number of aromatic nitrogens is 4. The predicted molar refractivity (Wildman–Crippen MR) is 120 cm³/mol. The Morgan fingerprint density at radius 3 is 2.55 bits per heavy atom. The average Bonchev–Trinajstić information content (AvgIpc) is 2.74. The van der Waals surface area contributed by atoms with Crippen LogP contribution in [0.5, 0.6) is 0 Å². The maximum Gasteiger partial charge on any atom is 0.337 e. The highest BCUT2D eigenvalue weighted by Gasteiger charge is 2.21. The summed E-state index contributed by atoms with van der Waals surface area (Å²) in [7, 11) is 1.47. The molecule has 0 radical (unpaired) electrons. The van der Waals surface area contributed by atoms with Gasteiger partial charge in [-0.1, -0.05) is 15.9 Å². The van der Waals surface area contributed by atoms with Gasteiger partial charge in [0.25, 0.3) is 11.1 Å². The predicted octanol–water partition coefficient (Wildman–Crippen LogP) is 2.91. The van der Waals surface area contributed by atoms with E-state index in [0.29, 0.717) is 10.2 Å². The van der Waals surface area contributed by atoms with Crippen molar-refractivity contribution < 1.29 is 4.39 Å². The van der Waals surface area contributed by atoms with Crippen molar-refractivity contribution in [3.8, 4) is 5.69 Å². The van der Waals surface area contributed by atoms with E-state index in [-0.39, 0.29) is 29.0 Å². The summed E-state index contributed by atoms with van der Waals surface area (Å²) < 4.78 is 18.5. The summed E-state index contributed by atoms with van der Waals surface area (Å²) >= 11 is 3.20. The van der Waals surface area contributed by atoms with Crippen LogP contribution in [0, 0.1) is 5.82 Å². The lowest BCUT2D eigenvalue weighted by molar-refractivity contribution is 0.631. The Morgan fingerprint density at radius 1 is 1.13 bits per heavy atom. The van der Waals surface area contributed by atoms with Gasteiger partial charge in [-0.15, -0.1) is 0 Å². The molecule has 1 aromatic carbocycles. The Kier molecular flexibility index (Phi) is 5.32. The van der Waals surface area contributed by atoms with Crippen molar-refractivity contribution in [3.05, 3.63) is 90.3 Å².